The van der Waals surface area contributed by atoms with E-state index in [1.807, 2.05) is 13.8 Å². The summed E-state index contributed by atoms with van der Waals surface area (Å²) >= 11 is 0. The molecule has 33 heavy (non-hydrogen) atoms. The first-order valence-electron chi connectivity index (χ1n) is 10.9. The largest absolute Gasteiger partial charge is 0.480 e. The summed E-state index contributed by atoms with van der Waals surface area (Å²) in [5.41, 5.74) is 16.1. The Kier molecular flexibility index (Phi) is 13.7. The van der Waals surface area contributed by atoms with Gasteiger partial charge in [-0.05, 0) is 31.1 Å². The number of aliphatic hydroxyl groups is 1. The van der Waals surface area contributed by atoms with Gasteiger partial charge >= 0.3 is 5.97 Å². The van der Waals surface area contributed by atoms with Gasteiger partial charge in [-0.1, -0.05) is 27.7 Å². The maximum absolute atomic E-state index is 12.9. The summed E-state index contributed by atoms with van der Waals surface area (Å²) in [7, 11) is 0. The zero-order valence-corrected chi connectivity index (χ0v) is 19.7. The van der Waals surface area contributed by atoms with Crippen molar-refractivity contribution in [3.05, 3.63) is 0 Å². The topological polar surface area (TPSA) is 235 Å². The van der Waals surface area contributed by atoms with E-state index < -0.39 is 54.5 Å². The average Bonchev–Trinajstić information content (AvgIpc) is 2.71. The summed E-state index contributed by atoms with van der Waals surface area (Å²) in [5.74, 6) is -3.71. The summed E-state index contributed by atoms with van der Waals surface area (Å²) in [6, 6.07) is -4.46. The van der Waals surface area contributed by atoms with Gasteiger partial charge in [0, 0.05) is 6.54 Å². The van der Waals surface area contributed by atoms with Crippen LogP contribution in [0, 0.1) is 11.8 Å². The molecule has 0 aliphatic heterocycles. The van der Waals surface area contributed by atoms with Crippen LogP contribution in [-0.4, -0.2) is 77.2 Å². The van der Waals surface area contributed by atoms with Crippen molar-refractivity contribution in [3.63, 3.8) is 0 Å². The predicted octanol–water partition coefficient (Wildman–Crippen LogP) is -2.40. The van der Waals surface area contributed by atoms with Gasteiger partial charge in [0.25, 0.3) is 0 Å². The van der Waals surface area contributed by atoms with Crippen molar-refractivity contribution in [3.8, 4) is 0 Å². The molecule has 0 aromatic carbocycles. The number of aliphatic hydroxyl groups excluding tert-OH is 1. The molecule has 3 amide bonds. The fraction of sp³-hybridized carbons (Fsp3) is 0.750. The average molecular weight is 474 g/mol. The van der Waals surface area contributed by atoms with Crippen molar-refractivity contribution in [1.82, 2.24) is 16.0 Å². The van der Waals surface area contributed by atoms with Crippen LogP contribution in [0.25, 0.3) is 0 Å². The number of rotatable bonds is 15. The monoisotopic (exact) mass is 473 g/mol. The van der Waals surface area contributed by atoms with E-state index in [1.165, 1.54) is 0 Å². The van der Waals surface area contributed by atoms with Crippen LogP contribution in [-0.2, 0) is 19.2 Å². The van der Waals surface area contributed by atoms with Crippen molar-refractivity contribution < 1.29 is 29.4 Å². The lowest BCUT2D eigenvalue weighted by atomic mass is 10.0. The minimum atomic E-state index is -1.20. The zero-order chi connectivity index (χ0) is 25.7. The Morgan fingerprint density at radius 1 is 0.909 bits per heavy atom. The summed E-state index contributed by atoms with van der Waals surface area (Å²) in [5, 5.41) is 26.0. The van der Waals surface area contributed by atoms with Crippen LogP contribution in [0.15, 0.2) is 4.99 Å². The molecule has 11 N–H and O–H groups in total. The lowest BCUT2D eigenvalue weighted by molar-refractivity contribution is -0.143. The fourth-order valence-corrected chi connectivity index (χ4v) is 2.88. The van der Waals surface area contributed by atoms with Gasteiger partial charge < -0.3 is 43.4 Å². The molecule has 190 valence electrons. The number of carbonyl (C=O) groups is 4. The molecule has 0 saturated carbocycles. The number of nitrogens with two attached hydrogens (primary N) is 3. The normalized spacial score (nSPS) is 14.7. The Morgan fingerprint density at radius 3 is 1.94 bits per heavy atom. The molecule has 0 aliphatic carbocycles. The molecule has 0 rings (SSSR count). The van der Waals surface area contributed by atoms with E-state index in [0.717, 1.165) is 0 Å². The Bertz CT molecular complexity index is 694. The van der Waals surface area contributed by atoms with Crippen molar-refractivity contribution in [2.24, 2.45) is 34.0 Å². The third-order valence-electron chi connectivity index (χ3n) is 4.68. The first kappa shape index (κ1) is 30.1. The van der Waals surface area contributed by atoms with Crippen LogP contribution in [0.5, 0.6) is 0 Å². The van der Waals surface area contributed by atoms with Crippen LogP contribution in [0.1, 0.15) is 47.0 Å². The molecule has 0 heterocycles. The molecule has 0 aromatic rings. The fourth-order valence-electron chi connectivity index (χ4n) is 2.88. The smallest absolute Gasteiger partial charge is 0.326 e. The Balaban J connectivity index is 5.53. The van der Waals surface area contributed by atoms with Crippen molar-refractivity contribution in [2.45, 2.75) is 71.1 Å². The quantitative estimate of drug-likeness (QED) is 0.0717. The van der Waals surface area contributed by atoms with Gasteiger partial charge in [-0.3, -0.25) is 19.4 Å². The molecule has 0 fully saturated rings. The first-order valence-corrected chi connectivity index (χ1v) is 10.9. The number of aliphatic carboxylic acids is 1. The third-order valence-corrected chi connectivity index (χ3v) is 4.68. The number of aliphatic imine (C=N–C) groups is 1. The van der Waals surface area contributed by atoms with Gasteiger partial charge in [0.05, 0.1) is 6.61 Å². The summed E-state index contributed by atoms with van der Waals surface area (Å²) < 4.78 is 0. The second-order valence-corrected chi connectivity index (χ2v) is 8.56. The molecule has 4 unspecified atom stereocenters. The number of guanidine groups is 1. The first-order chi connectivity index (χ1) is 15.3. The molecule has 0 aromatic heterocycles. The number of amides is 3. The van der Waals surface area contributed by atoms with Crippen LogP contribution < -0.4 is 33.2 Å². The molecular formula is C20H39N7O6. The van der Waals surface area contributed by atoms with Crippen molar-refractivity contribution in [1.29, 1.82) is 0 Å². The van der Waals surface area contributed by atoms with E-state index in [1.54, 1.807) is 13.8 Å². The number of nitrogens with one attached hydrogen (secondary N) is 3. The third kappa shape index (κ3) is 12.0. The molecule has 0 bridgehead atoms. The molecule has 0 radical (unpaired) electrons. The highest BCUT2D eigenvalue weighted by atomic mass is 16.4. The highest BCUT2D eigenvalue weighted by molar-refractivity contribution is 5.94. The standard InChI is InChI=1S/C20H39N7O6/c1-10(2)8-14(19(32)33)26-17(30)13(6-5-7-24-20(22)23)25-18(31)15(11(3)4)27-16(29)12(21)9-28/h10-15,28H,5-9,21H2,1-4H3,(H,25,31)(H,26,30)(H,27,29)(H,32,33)(H4,22,23,24). The number of carbonyl (C=O) groups excluding carboxylic acids is 3. The van der Waals surface area contributed by atoms with E-state index in [9.17, 15) is 24.3 Å². The van der Waals surface area contributed by atoms with Gasteiger partial charge in [0.2, 0.25) is 17.7 Å². The minimum absolute atomic E-state index is 0.0116. The molecule has 0 spiro atoms. The molecule has 4 atom stereocenters. The van der Waals surface area contributed by atoms with Gasteiger partial charge in [0.15, 0.2) is 5.96 Å². The predicted molar refractivity (Wildman–Crippen MR) is 123 cm³/mol. The highest BCUT2D eigenvalue weighted by Crippen LogP contribution is 2.08. The van der Waals surface area contributed by atoms with Crippen LogP contribution >= 0.6 is 0 Å². The van der Waals surface area contributed by atoms with Gasteiger partial charge in [-0.2, -0.15) is 0 Å². The lowest BCUT2D eigenvalue weighted by Crippen LogP contribution is -2.58. The molecule has 0 aliphatic rings. The van der Waals surface area contributed by atoms with Crippen LogP contribution in [0.3, 0.4) is 0 Å². The molecule has 0 saturated heterocycles. The molecule has 13 heteroatoms. The number of nitrogens with zero attached hydrogens (tertiary/aromatic N) is 1. The number of hydrogen-bond acceptors (Lipinski definition) is 7. The Hall–Kier alpha value is -2.93. The Labute approximate surface area is 193 Å². The van der Waals surface area contributed by atoms with Crippen LogP contribution in [0.2, 0.25) is 0 Å². The van der Waals surface area contributed by atoms with E-state index in [-0.39, 0.29) is 37.2 Å². The summed E-state index contributed by atoms with van der Waals surface area (Å²) in [6.07, 6.45) is 0.656. The van der Waals surface area contributed by atoms with Crippen LogP contribution in [0.4, 0.5) is 0 Å². The lowest BCUT2D eigenvalue weighted by Gasteiger charge is -2.27. The SMILES string of the molecule is CC(C)CC(NC(=O)C(CCCN=C(N)N)NC(=O)C(NC(=O)C(N)CO)C(C)C)C(=O)O. The zero-order valence-electron chi connectivity index (χ0n) is 19.7. The maximum Gasteiger partial charge on any atom is 0.326 e. The van der Waals surface area contributed by atoms with Gasteiger partial charge in [0.1, 0.15) is 24.2 Å². The maximum atomic E-state index is 12.9. The van der Waals surface area contributed by atoms with E-state index in [0.29, 0.717) is 6.42 Å². The van der Waals surface area contributed by atoms with Crippen molar-refractivity contribution in [2.75, 3.05) is 13.2 Å². The summed E-state index contributed by atoms with van der Waals surface area (Å²) in [6.45, 7) is 6.62. The number of carboxylic acids is 1. The van der Waals surface area contributed by atoms with Crippen molar-refractivity contribution >= 4 is 29.7 Å². The number of hydrogen-bond donors (Lipinski definition) is 8. The highest BCUT2D eigenvalue weighted by Gasteiger charge is 2.31. The molecule has 13 nitrogen and oxygen atoms in total. The van der Waals surface area contributed by atoms with Gasteiger partial charge in [-0.15, -0.1) is 0 Å². The van der Waals surface area contributed by atoms with Gasteiger partial charge in [-0.25, -0.2) is 4.79 Å². The minimum Gasteiger partial charge on any atom is -0.480 e. The summed E-state index contributed by atoms with van der Waals surface area (Å²) in [4.78, 5) is 53.2. The van der Waals surface area contributed by atoms with E-state index in [4.69, 9.17) is 22.3 Å². The Morgan fingerprint density at radius 2 is 1.48 bits per heavy atom. The second-order valence-electron chi connectivity index (χ2n) is 8.56. The van der Waals surface area contributed by atoms with E-state index in [2.05, 4.69) is 20.9 Å². The van der Waals surface area contributed by atoms with E-state index >= 15 is 0 Å². The second kappa shape index (κ2) is 15.0. The molecular weight excluding hydrogens is 434 g/mol. The number of carboxylic acid groups (broad SMARTS) is 1.